The average Bonchev–Trinajstić information content (AvgIpc) is 2.32. The van der Waals surface area contributed by atoms with Gasteiger partial charge in [0.05, 0.1) is 0 Å². The van der Waals surface area contributed by atoms with E-state index in [1.54, 1.807) is 0 Å². The van der Waals surface area contributed by atoms with Crippen LogP contribution in [-0.4, -0.2) is 11.7 Å². The molecule has 11 heavy (non-hydrogen) atoms. The summed E-state index contributed by atoms with van der Waals surface area (Å²) in [6, 6.07) is 0. The normalized spacial score (nSPS) is 23.6. The largest absolute Gasteiger partial charge is 0.329 e. The van der Waals surface area contributed by atoms with E-state index in [1.165, 1.54) is 0 Å². The van der Waals surface area contributed by atoms with Crippen LogP contribution in [0.25, 0.3) is 0 Å². The number of carbonyl (C=O) groups excluding carboxylic acids is 2. The summed E-state index contributed by atoms with van der Waals surface area (Å²) >= 11 is 0. The van der Waals surface area contributed by atoms with Crippen molar-refractivity contribution in [2.75, 3.05) is 0 Å². The molecule has 0 spiro atoms. The maximum atomic E-state index is 11.1. The average molecular weight is 151 g/mol. The molecule has 0 aromatic heterocycles. The molecule has 0 atom stereocenters. The minimum absolute atomic E-state index is 0.0541. The molecule has 3 heteroatoms. The Balaban J connectivity index is 2.30. The molecular weight excluding hydrogens is 142 g/mol. The van der Waals surface area contributed by atoms with Gasteiger partial charge in [0.1, 0.15) is 0 Å². The first-order valence-electron chi connectivity index (χ1n) is 3.82. The van der Waals surface area contributed by atoms with E-state index in [9.17, 15) is 9.59 Å². The number of Topliss-reactive ketones (excluding diaryl/α,β-unsaturated/α-hetero) is 1. The van der Waals surface area contributed by atoms with Crippen LogP contribution in [0.4, 0.5) is 0 Å². The van der Waals surface area contributed by atoms with Gasteiger partial charge in [-0.15, -0.1) is 0 Å². The molecule has 0 fully saturated rings. The van der Waals surface area contributed by atoms with Gasteiger partial charge in [0, 0.05) is 24.1 Å². The number of allylic oxidation sites excluding steroid dienone is 2. The number of nitrogens with one attached hydrogen (secondary N) is 1. The molecule has 58 valence electrons. The van der Waals surface area contributed by atoms with Crippen LogP contribution in [0.1, 0.15) is 25.7 Å². The van der Waals surface area contributed by atoms with E-state index >= 15 is 0 Å². The van der Waals surface area contributed by atoms with Gasteiger partial charge >= 0.3 is 0 Å². The van der Waals surface area contributed by atoms with E-state index in [0.717, 1.165) is 17.7 Å². The van der Waals surface area contributed by atoms with Gasteiger partial charge in [-0.3, -0.25) is 9.59 Å². The summed E-state index contributed by atoms with van der Waals surface area (Å²) in [5.74, 6) is 0.276. The number of rotatable bonds is 0. The summed E-state index contributed by atoms with van der Waals surface area (Å²) < 4.78 is 0. The number of amides is 1. The second-order valence-corrected chi connectivity index (χ2v) is 2.93. The summed E-state index contributed by atoms with van der Waals surface area (Å²) in [7, 11) is 0. The highest BCUT2D eigenvalue weighted by Gasteiger charge is 2.27. The fourth-order valence-corrected chi connectivity index (χ4v) is 1.61. The lowest BCUT2D eigenvalue weighted by Gasteiger charge is -2.13. The second kappa shape index (κ2) is 2.19. The lowest BCUT2D eigenvalue weighted by atomic mass is 10.0. The summed E-state index contributed by atoms with van der Waals surface area (Å²) in [5.41, 5.74) is 1.75. The van der Waals surface area contributed by atoms with Gasteiger partial charge in [-0.1, -0.05) is 0 Å². The highest BCUT2D eigenvalue weighted by molar-refractivity contribution is 6.01. The van der Waals surface area contributed by atoms with Crippen LogP contribution in [0.5, 0.6) is 0 Å². The van der Waals surface area contributed by atoms with Crippen molar-refractivity contribution in [3.8, 4) is 0 Å². The molecule has 1 amide bonds. The first kappa shape index (κ1) is 6.58. The number of ketones is 1. The molecule has 3 nitrogen and oxygen atoms in total. The van der Waals surface area contributed by atoms with Crippen molar-refractivity contribution in [1.82, 2.24) is 5.32 Å². The van der Waals surface area contributed by atoms with Gasteiger partial charge in [0.2, 0.25) is 5.91 Å². The van der Waals surface area contributed by atoms with Crippen LogP contribution in [0.2, 0.25) is 0 Å². The highest BCUT2D eigenvalue weighted by atomic mass is 16.2. The van der Waals surface area contributed by atoms with Gasteiger partial charge < -0.3 is 5.32 Å². The summed E-state index contributed by atoms with van der Waals surface area (Å²) in [6.07, 6.45) is 2.45. The molecule has 0 aromatic carbocycles. The summed E-state index contributed by atoms with van der Waals surface area (Å²) in [4.78, 5) is 22.0. The molecule has 0 saturated carbocycles. The van der Waals surface area contributed by atoms with Crippen LogP contribution in [0.3, 0.4) is 0 Å². The Hall–Kier alpha value is -1.12. The van der Waals surface area contributed by atoms with E-state index in [0.29, 0.717) is 19.3 Å². The van der Waals surface area contributed by atoms with Crippen molar-refractivity contribution in [2.45, 2.75) is 25.7 Å². The van der Waals surface area contributed by atoms with Crippen molar-refractivity contribution >= 4 is 11.7 Å². The monoisotopic (exact) mass is 151 g/mol. The number of hydrogen-bond donors (Lipinski definition) is 1. The van der Waals surface area contributed by atoms with E-state index in [2.05, 4.69) is 5.32 Å². The van der Waals surface area contributed by atoms with Gasteiger partial charge in [-0.05, 0) is 12.8 Å². The lowest BCUT2D eigenvalue weighted by Crippen LogP contribution is -2.26. The van der Waals surface area contributed by atoms with Gasteiger partial charge in [0.15, 0.2) is 5.78 Å². The molecule has 2 rings (SSSR count). The fraction of sp³-hybridized carbons (Fsp3) is 0.500. The maximum Gasteiger partial charge on any atom is 0.224 e. The van der Waals surface area contributed by atoms with E-state index in [4.69, 9.17) is 0 Å². The van der Waals surface area contributed by atoms with Crippen molar-refractivity contribution < 1.29 is 9.59 Å². The third-order valence-electron chi connectivity index (χ3n) is 2.20. The van der Waals surface area contributed by atoms with Gasteiger partial charge in [-0.25, -0.2) is 0 Å². The van der Waals surface area contributed by atoms with Gasteiger partial charge in [-0.2, -0.15) is 0 Å². The molecule has 1 N–H and O–H groups in total. The van der Waals surface area contributed by atoms with E-state index < -0.39 is 0 Å². The minimum Gasteiger partial charge on any atom is -0.329 e. The second-order valence-electron chi connectivity index (χ2n) is 2.93. The van der Waals surface area contributed by atoms with Gasteiger partial charge in [0.25, 0.3) is 0 Å². The number of hydrogen-bond acceptors (Lipinski definition) is 2. The van der Waals surface area contributed by atoms with Crippen molar-refractivity contribution in [2.24, 2.45) is 0 Å². The third-order valence-corrected chi connectivity index (χ3v) is 2.20. The number of carbonyl (C=O) groups is 2. The Labute approximate surface area is 64.5 Å². The van der Waals surface area contributed by atoms with Crippen LogP contribution < -0.4 is 5.32 Å². The van der Waals surface area contributed by atoms with Crippen LogP contribution in [-0.2, 0) is 9.59 Å². The first-order valence-corrected chi connectivity index (χ1v) is 3.82. The quantitative estimate of drug-likeness (QED) is 0.548. The summed E-state index contributed by atoms with van der Waals surface area (Å²) in [6.45, 7) is 0. The molecule has 0 aromatic rings. The van der Waals surface area contributed by atoms with Crippen molar-refractivity contribution in [1.29, 1.82) is 0 Å². The summed E-state index contributed by atoms with van der Waals surface area (Å²) in [5, 5.41) is 2.73. The minimum atomic E-state index is 0.0541. The van der Waals surface area contributed by atoms with Crippen LogP contribution >= 0.6 is 0 Å². The van der Waals surface area contributed by atoms with Crippen LogP contribution in [0.15, 0.2) is 11.3 Å². The lowest BCUT2D eigenvalue weighted by molar-refractivity contribution is -0.120. The van der Waals surface area contributed by atoms with Crippen molar-refractivity contribution in [3.05, 3.63) is 11.3 Å². The molecule has 2 aliphatic rings. The molecular formula is C8H9NO2. The molecule has 0 radical (unpaired) electrons. The van der Waals surface area contributed by atoms with E-state index in [1.807, 2.05) is 0 Å². The SMILES string of the molecule is O=C1CCC2=C(CCC2=O)N1. The zero-order valence-corrected chi connectivity index (χ0v) is 6.14. The zero-order valence-electron chi connectivity index (χ0n) is 6.14. The molecule has 0 bridgehead atoms. The Bertz CT molecular complexity index is 265. The third kappa shape index (κ3) is 0.964. The maximum absolute atomic E-state index is 11.1. The molecule has 1 heterocycles. The predicted molar refractivity (Wildman–Crippen MR) is 38.6 cm³/mol. The molecule has 1 aliphatic heterocycles. The topological polar surface area (TPSA) is 46.2 Å². The Morgan fingerprint density at radius 2 is 1.82 bits per heavy atom. The van der Waals surface area contributed by atoms with Crippen molar-refractivity contribution in [3.63, 3.8) is 0 Å². The molecule has 0 saturated heterocycles. The predicted octanol–water partition coefficient (Wildman–Crippen LogP) is 0.513. The van der Waals surface area contributed by atoms with E-state index in [-0.39, 0.29) is 11.7 Å². The molecule has 0 unspecified atom stereocenters. The standard InChI is InChI=1S/C8H9NO2/c10-7-3-2-6-5(7)1-4-8(11)9-6/h1-4H2,(H,9,11). The first-order chi connectivity index (χ1) is 5.27. The Morgan fingerprint density at radius 1 is 1.00 bits per heavy atom. The smallest absolute Gasteiger partial charge is 0.224 e. The highest BCUT2D eigenvalue weighted by Crippen LogP contribution is 2.27. The zero-order chi connectivity index (χ0) is 7.84. The molecule has 1 aliphatic carbocycles. The Kier molecular flexibility index (Phi) is 1.31. The Morgan fingerprint density at radius 3 is 2.64 bits per heavy atom. The fourth-order valence-electron chi connectivity index (χ4n) is 1.61. The van der Waals surface area contributed by atoms with Crippen LogP contribution in [0, 0.1) is 0 Å².